The second kappa shape index (κ2) is 15.3. The molecule has 0 saturated heterocycles. The highest BCUT2D eigenvalue weighted by Crippen LogP contribution is 2.49. The fraction of sp³-hybridized carbons (Fsp3) is 0.750. The van der Waals surface area contributed by atoms with E-state index in [2.05, 4.69) is 13.8 Å². The number of cyclic esters (lactones) is 1. The Morgan fingerprint density at radius 2 is 1.93 bits per heavy atom. The Balaban J connectivity index is 2.16. The van der Waals surface area contributed by atoms with Crippen LogP contribution in [0.4, 0.5) is 0 Å². The molecule has 2 rings (SSSR count). The number of aliphatic hydroxyl groups excluding tert-OH is 2. The maximum absolute atomic E-state index is 12.6. The number of carbonyl (C=O) groups excluding carboxylic acids is 2. The molecule has 0 amide bonds. The van der Waals surface area contributed by atoms with Gasteiger partial charge in [-0.05, 0) is 68.9 Å². The van der Waals surface area contributed by atoms with Crippen LogP contribution in [0.25, 0.3) is 0 Å². The first-order valence-corrected chi connectivity index (χ1v) is 14.7. The van der Waals surface area contributed by atoms with Crippen LogP contribution in [0.1, 0.15) is 80.6 Å². The Labute approximate surface area is 240 Å². The van der Waals surface area contributed by atoms with Crippen molar-refractivity contribution in [3.8, 4) is 0 Å². The minimum atomic E-state index is -1.41. The van der Waals surface area contributed by atoms with Crippen LogP contribution in [-0.2, 0) is 23.8 Å². The van der Waals surface area contributed by atoms with E-state index in [9.17, 15) is 24.9 Å². The van der Waals surface area contributed by atoms with E-state index in [0.717, 1.165) is 18.4 Å². The molecule has 40 heavy (non-hydrogen) atoms. The molecule has 0 spiro atoms. The number of aliphatic hydroxyl groups is 3. The number of methoxy groups -OCH3 is 1. The average Bonchev–Trinajstić information content (AvgIpc) is 3.68. The summed E-state index contributed by atoms with van der Waals surface area (Å²) in [5.74, 6) is -0.272. The lowest BCUT2D eigenvalue weighted by atomic mass is 9.88. The predicted octanol–water partition coefficient (Wildman–Crippen LogP) is 4.51. The Morgan fingerprint density at radius 3 is 2.52 bits per heavy atom. The third kappa shape index (κ3) is 9.82. The van der Waals surface area contributed by atoms with Crippen molar-refractivity contribution in [1.82, 2.24) is 0 Å². The number of hydrogen-bond donors (Lipinski definition) is 3. The number of hydrogen-bond acceptors (Lipinski definition) is 8. The van der Waals surface area contributed by atoms with Crippen molar-refractivity contribution in [2.45, 2.75) is 117 Å². The zero-order valence-corrected chi connectivity index (χ0v) is 25.6. The first kappa shape index (κ1) is 34.2. The molecule has 11 atom stereocenters. The molecule has 8 heteroatoms. The van der Waals surface area contributed by atoms with Crippen molar-refractivity contribution >= 4 is 11.9 Å². The minimum Gasteiger partial charge on any atom is -0.457 e. The van der Waals surface area contributed by atoms with E-state index in [1.54, 1.807) is 26.2 Å². The van der Waals surface area contributed by atoms with E-state index in [0.29, 0.717) is 11.8 Å². The van der Waals surface area contributed by atoms with E-state index >= 15 is 0 Å². The van der Waals surface area contributed by atoms with Gasteiger partial charge in [-0.25, -0.2) is 0 Å². The summed E-state index contributed by atoms with van der Waals surface area (Å²) in [5, 5.41) is 32.3. The van der Waals surface area contributed by atoms with Crippen LogP contribution in [0, 0.1) is 29.6 Å². The van der Waals surface area contributed by atoms with Crippen molar-refractivity contribution in [3.05, 3.63) is 36.0 Å². The molecule has 0 aromatic rings. The molecule has 0 unspecified atom stereocenters. The second-order valence-corrected chi connectivity index (χ2v) is 12.2. The van der Waals surface area contributed by atoms with Gasteiger partial charge in [0.2, 0.25) is 0 Å². The van der Waals surface area contributed by atoms with Gasteiger partial charge in [0.1, 0.15) is 17.8 Å². The molecule has 1 aliphatic carbocycles. The number of ether oxygens (including phenoxy) is 3. The van der Waals surface area contributed by atoms with Gasteiger partial charge in [-0.2, -0.15) is 0 Å². The summed E-state index contributed by atoms with van der Waals surface area (Å²) in [5.41, 5.74) is -0.625. The van der Waals surface area contributed by atoms with Gasteiger partial charge in [0.05, 0.1) is 24.7 Å². The number of rotatable bonds is 10. The largest absolute Gasteiger partial charge is 0.457 e. The maximum atomic E-state index is 12.6. The molecule has 0 aromatic carbocycles. The third-order valence-corrected chi connectivity index (χ3v) is 8.68. The number of carbonyl (C=O) groups is 2. The summed E-state index contributed by atoms with van der Waals surface area (Å²) in [7, 11) is 1.75. The summed E-state index contributed by atoms with van der Waals surface area (Å²) in [6.45, 7) is 12.9. The molecule has 3 N–H and O–H groups in total. The SMILES string of the molecule is CC[C@H](OC)[C@@H](C)[C@H]1C[C@@H]1[C@@H](O)[C@H](C)/C=C/C=C(\C)[C@H]1OC(=O)C[C@H](O)CC[C@@](C)(O)[C@@H](OC(C)=O)/C=C/[C@@H]1C. The van der Waals surface area contributed by atoms with Crippen LogP contribution in [0.2, 0.25) is 0 Å². The van der Waals surface area contributed by atoms with E-state index in [1.165, 1.54) is 6.92 Å². The molecule has 0 aromatic heterocycles. The van der Waals surface area contributed by atoms with Gasteiger partial charge in [-0.3, -0.25) is 9.59 Å². The fourth-order valence-electron chi connectivity index (χ4n) is 5.87. The summed E-state index contributed by atoms with van der Waals surface area (Å²) in [6, 6.07) is 0. The topological polar surface area (TPSA) is 123 Å². The first-order valence-electron chi connectivity index (χ1n) is 14.7. The van der Waals surface area contributed by atoms with Crippen molar-refractivity contribution in [2.75, 3.05) is 7.11 Å². The smallest absolute Gasteiger partial charge is 0.309 e. The predicted molar refractivity (Wildman–Crippen MR) is 154 cm³/mol. The molecular formula is C32H52O8. The van der Waals surface area contributed by atoms with Gasteiger partial charge in [0.15, 0.2) is 0 Å². The minimum absolute atomic E-state index is 0.0492. The Hall–Kier alpha value is -2.00. The lowest BCUT2D eigenvalue weighted by Crippen LogP contribution is -2.42. The van der Waals surface area contributed by atoms with E-state index in [1.807, 2.05) is 39.0 Å². The standard InChI is InChI=1S/C32H52O8/c1-9-27(38-8)22(5)25-18-26(25)30(36)19(2)11-10-12-20(3)31-21(4)13-14-28(39-23(6)33)32(7,37)16-15-24(34)17-29(35)40-31/h10-14,19,21-22,24-28,30-31,34,36-37H,9,15-18H2,1-8H3/b11-10+,14-13+,20-12+/t19-,21+,22+,24-,25-,26+,27+,28+,30+,31-,32-/m1/s1. The highest BCUT2D eigenvalue weighted by Gasteiger charge is 2.48. The Kier molecular flexibility index (Phi) is 13.1. The van der Waals surface area contributed by atoms with Gasteiger partial charge in [0.25, 0.3) is 0 Å². The second-order valence-electron chi connectivity index (χ2n) is 12.2. The Morgan fingerprint density at radius 1 is 1.25 bits per heavy atom. The normalized spacial score (nSPS) is 36.0. The zero-order chi connectivity index (χ0) is 30.2. The van der Waals surface area contributed by atoms with Crippen molar-refractivity contribution in [2.24, 2.45) is 29.6 Å². The number of esters is 2. The van der Waals surface area contributed by atoms with Crippen LogP contribution in [0.3, 0.4) is 0 Å². The average molecular weight is 565 g/mol. The monoisotopic (exact) mass is 564 g/mol. The van der Waals surface area contributed by atoms with Gasteiger partial charge in [-0.15, -0.1) is 0 Å². The van der Waals surface area contributed by atoms with Crippen LogP contribution in [0.5, 0.6) is 0 Å². The molecule has 0 bridgehead atoms. The van der Waals surface area contributed by atoms with Crippen LogP contribution in [0.15, 0.2) is 36.0 Å². The molecule has 228 valence electrons. The summed E-state index contributed by atoms with van der Waals surface area (Å²) < 4.78 is 16.8. The maximum Gasteiger partial charge on any atom is 0.309 e. The molecule has 1 saturated carbocycles. The van der Waals surface area contributed by atoms with Crippen molar-refractivity contribution in [1.29, 1.82) is 0 Å². The molecule has 1 aliphatic heterocycles. The molecule has 8 nitrogen and oxygen atoms in total. The van der Waals surface area contributed by atoms with E-state index in [4.69, 9.17) is 14.2 Å². The van der Waals surface area contributed by atoms with Gasteiger partial charge in [0, 0.05) is 25.9 Å². The first-order chi connectivity index (χ1) is 18.7. The molecular weight excluding hydrogens is 512 g/mol. The van der Waals surface area contributed by atoms with E-state index in [-0.39, 0.29) is 43.1 Å². The quantitative estimate of drug-likeness (QED) is 0.201. The zero-order valence-electron chi connectivity index (χ0n) is 25.6. The van der Waals surface area contributed by atoms with E-state index < -0.39 is 42.0 Å². The van der Waals surface area contributed by atoms with Gasteiger partial charge in [-0.1, -0.05) is 52.0 Å². The van der Waals surface area contributed by atoms with Crippen LogP contribution < -0.4 is 0 Å². The summed E-state index contributed by atoms with van der Waals surface area (Å²) in [4.78, 5) is 24.3. The van der Waals surface area contributed by atoms with Crippen molar-refractivity contribution < 1.29 is 39.1 Å². The fourth-order valence-corrected chi connectivity index (χ4v) is 5.87. The third-order valence-electron chi connectivity index (χ3n) is 8.68. The van der Waals surface area contributed by atoms with Gasteiger partial charge < -0.3 is 29.5 Å². The number of allylic oxidation sites excluding steroid dienone is 2. The lowest BCUT2D eigenvalue weighted by molar-refractivity contribution is -0.157. The van der Waals surface area contributed by atoms with Crippen LogP contribution in [-0.4, -0.2) is 70.5 Å². The lowest BCUT2D eigenvalue weighted by Gasteiger charge is -2.32. The molecule has 1 fully saturated rings. The highest BCUT2D eigenvalue weighted by molar-refractivity contribution is 5.70. The van der Waals surface area contributed by atoms with Gasteiger partial charge >= 0.3 is 11.9 Å². The van der Waals surface area contributed by atoms with Crippen molar-refractivity contribution in [3.63, 3.8) is 0 Å². The molecule has 0 radical (unpaired) electrons. The summed E-state index contributed by atoms with van der Waals surface area (Å²) in [6.07, 6.45) is 8.42. The van der Waals surface area contributed by atoms with Crippen LogP contribution >= 0.6 is 0 Å². The summed E-state index contributed by atoms with van der Waals surface area (Å²) >= 11 is 0. The highest BCUT2D eigenvalue weighted by atomic mass is 16.6. The Bertz CT molecular complexity index is 918. The molecule has 1 heterocycles. The molecule has 2 aliphatic rings.